The van der Waals surface area contributed by atoms with Crippen molar-refractivity contribution in [3.63, 3.8) is 0 Å². The number of anilines is 1. The van der Waals surface area contributed by atoms with Gasteiger partial charge in [-0.05, 0) is 37.7 Å². The van der Waals surface area contributed by atoms with Crippen molar-refractivity contribution in [1.82, 2.24) is 10.3 Å². The molecular formula is C17H23Cl2N3O. The average Bonchev–Trinajstić information content (AvgIpc) is 3.01. The van der Waals surface area contributed by atoms with Crippen molar-refractivity contribution < 1.29 is 4.79 Å². The largest absolute Gasteiger partial charge is 0.355 e. The van der Waals surface area contributed by atoms with Gasteiger partial charge in [0.2, 0.25) is 5.91 Å². The molecule has 1 saturated carbocycles. The monoisotopic (exact) mass is 355 g/mol. The number of piperidine rings is 1. The summed E-state index contributed by atoms with van der Waals surface area (Å²) in [5.74, 6) is 1.47. The minimum absolute atomic E-state index is 0.220. The maximum atomic E-state index is 12.1. The zero-order valence-corrected chi connectivity index (χ0v) is 14.7. The summed E-state index contributed by atoms with van der Waals surface area (Å²) in [5.41, 5.74) is 0. The number of nitrogens with one attached hydrogen (secondary N) is 1. The lowest BCUT2D eigenvalue weighted by atomic mass is 9.93. The van der Waals surface area contributed by atoms with E-state index in [-0.39, 0.29) is 5.91 Å². The Morgan fingerprint density at radius 1 is 1.22 bits per heavy atom. The number of amides is 1. The number of aromatic nitrogens is 1. The Hall–Kier alpha value is -1.00. The molecule has 126 valence electrons. The van der Waals surface area contributed by atoms with E-state index in [2.05, 4.69) is 15.2 Å². The van der Waals surface area contributed by atoms with Crippen LogP contribution in [-0.4, -0.2) is 30.0 Å². The summed E-state index contributed by atoms with van der Waals surface area (Å²) >= 11 is 12.1. The third-order valence-corrected chi connectivity index (χ3v) is 5.38. The van der Waals surface area contributed by atoms with Crippen molar-refractivity contribution in [2.75, 3.05) is 18.0 Å². The van der Waals surface area contributed by atoms with Crippen LogP contribution < -0.4 is 10.2 Å². The first-order chi connectivity index (χ1) is 11.1. The molecule has 2 heterocycles. The number of halogens is 2. The highest BCUT2D eigenvalue weighted by atomic mass is 35.5. The van der Waals surface area contributed by atoms with E-state index in [4.69, 9.17) is 23.2 Å². The molecule has 1 saturated heterocycles. The molecule has 1 N–H and O–H groups in total. The average molecular weight is 356 g/mol. The van der Waals surface area contributed by atoms with Crippen LogP contribution in [0.2, 0.25) is 10.0 Å². The fourth-order valence-electron chi connectivity index (χ4n) is 3.61. The van der Waals surface area contributed by atoms with E-state index in [0.29, 0.717) is 28.4 Å². The normalized spacial score (nSPS) is 20.0. The number of carbonyl (C=O) groups is 1. The zero-order valence-electron chi connectivity index (χ0n) is 13.2. The van der Waals surface area contributed by atoms with E-state index in [1.807, 2.05) is 0 Å². The second-order valence-electron chi connectivity index (χ2n) is 6.64. The molecule has 0 unspecified atom stereocenters. The molecule has 6 heteroatoms. The maximum Gasteiger partial charge on any atom is 0.220 e. The smallest absolute Gasteiger partial charge is 0.220 e. The van der Waals surface area contributed by atoms with Crippen LogP contribution in [0.4, 0.5) is 5.82 Å². The molecule has 1 aromatic heterocycles. The standard InChI is InChI=1S/C17H23Cl2N3O/c18-13-10-15(19)17(20-11-13)22-7-5-12(6-8-22)9-16(23)21-14-3-1-2-4-14/h10-12,14H,1-9H2,(H,21,23). The third kappa shape index (κ3) is 4.51. The SMILES string of the molecule is O=C(CC1CCN(c2ncc(Cl)cc2Cl)CC1)NC1CCCC1. The Balaban J connectivity index is 1.47. The summed E-state index contributed by atoms with van der Waals surface area (Å²) in [4.78, 5) is 18.7. The first-order valence-corrected chi connectivity index (χ1v) is 9.23. The summed E-state index contributed by atoms with van der Waals surface area (Å²) in [6.45, 7) is 1.77. The van der Waals surface area contributed by atoms with Gasteiger partial charge in [0.25, 0.3) is 0 Å². The fraction of sp³-hybridized carbons (Fsp3) is 0.647. The number of carbonyl (C=O) groups excluding carboxylic acids is 1. The molecule has 1 aliphatic carbocycles. The van der Waals surface area contributed by atoms with Crippen LogP contribution in [0.3, 0.4) is 0 Å². The van der Waals surface area contributed by atoms with Crippen molar-refractivity contribution in [2.45, 2.75) is 51.0 Å². The number of pyridine rings is 1. The van der Waals surface area contributed by atoms with Crippen LogP contribution in [0.5, 0.6) is 0 Å². The molecule has 1 amide bonds. The molecule has 0 spiro atoms. The highest BCUT2D eigenvalue weighted by Crippen LogP contribution is 2.30. The second-order valence-corrected chi connectivity index (χ2v) is 7.49. The Bertz CT molecular complexity index is 553. The van der Waals surface area contributed by atoms with Gasteiger partial charge in [-0.1, -0.05) is 36.0 Å². The molecule has 0 bridgehead atoms. The van der Waals surface area contributed by atoms with Crippen LogP contribution in [0.15, 0.2) is 12.3 Å². The molecule has 23 heavy (non-hydrogen) atoms. The predicted octanol–water partition coefficient (Wildman–Crippen LogP) is 4.05. The van der Waals surface area contributed by atoms with Gasteiger partial charge in [-0.15, -0.1) is 0 Å². The van der Waals surface area contributed by atoms with Crippen molar-refractivity contribution in [3.8, 4) is 0 Å². The summed E-state index contributed by atoms with van der Waals surface area (Å²) in [6.07, 6.45) is 9.06. The number of rotatable bonds is 4. The van der Waals surface area contributed by atoms with Gasteiger partial charge in [0.1, 0.15) is 5.82 Å². The van der Waals surface area contributed by atoms with E-state index in [1.54, 1.807) is 12.3 Å². The van der Waals surface area contributed by atoms with Crippen molar-refractivity contribution in [3.05, 3.63) is 22.3 Å². The summed E-state index contributed by atoms with van der Waals surface area (Å²) in [6, 6.07) is 2.15. The highest BCUT2D eigenvalue weighted by Gasteiger charge is 2.25. The van der Waals surface area contributed by atoms with Crippen LogP contribution >= 0.6 is 23.2 Å². The van der Waals surface area contributed by atoms with E-state index in [0.717, 1.165) is 44.6 Å². The van der Waals surface area contributed by atoms with Gasteiger partial charge >= 0.3 is 0 Å². The van der Waals surface area contributed by atoms with Crippen molar-refractivity contribution in [1.29, 1.82) is 0 Å². The van der Waals surface area contributed by atoms with Gasteiger partial charge in [0.05, 0.1) is 10.0 Å². The molecule has 0 radical (unpaired) electrons. The molecular weight excluding hydrogens is 333 g/mol. The Morgan fingerprint density at radius 3 is 2.57 bits per heavy atom. The lowest BCUT2D eigenvalue weighted by Gasteiger charge is -2.33. The van der Waals surface area contributed by atoms with Gasteiger partial charge in [0, 0.05) is 31.7 Å². The summed E-state index contributed by atoms with van der Waals surface area (Å²) < 4.78 is 0. The molecule has 0 aromatic carbocycles. The molecule has 4 nitrogen and oxygen atoms in total. The quantitative estimate of drug-likeness (QED) is 0.885. The number of hydrogen-bond donors (Lipinski definition) is 1. The topological polar surface area (TPSA) is 45.2 Å². The predicted molar refractivity (Wildman–Crippen MR) is 94.2 cm³/mol. The molecule has 3 rings (SSSR count). The van der Waals surface area contributed by atoms with Crippen LogP contribution in [0.1, 0.15) is 44.9 Å². The van der Waals surface area contributed by atoms with Crippen molar-refractivity contribution in [2.24, 2.45) is 5.92 Å². The summed E-state index contributed by atoms with van der Waals surface area (Å²) in [7, 11) is 0. The molecule has 1 aliphatic heterocycles. The maximum absolute atomic E-state index is 12.1. The lowest BCUT2D eigenvalue weighted by molar-refractivity contribution is -0.122. The zero-order chi connectivity index (χ0) is 16.2. The lowest BCUT2D eigenvalue weighted by Crippen LogP contribution is -2.38. The number of hydrogen-bond acceptors (Lipinski definition) is 3. The second kappa shape index (κ2) is 7.71. The number of nitrogens with zero attached hydrogens (tertiary/aromatic N) is 2. The van der Waals surface area contributed by atoms with Gasteiger partial charge in [-0.2, -0.15) is 0 Å². The van der Waals surface area contributed by atoms with Gasteiger partial charge < -0.3 is 10.2 Å². The third-order valence-electron chi connectivity index (χ3n) is 4.90. The first-order valence-electron chi connectivity index (χ1n) is 8.47. The van der Waals surface area contributed by atoms with Gasteiger partial charge in [-0.3, -0.25) is 4.79 Å². The van der Waals surface area contributed by atoms with Gasteiger partial charge in [0.15, 0.2) is 0 Å². The Morgan fingerprint density at radius 2 is 1.91 bits per heavy atom. The fourth-order valence-corrected chi connectivity index (χ4v) is 4.11. The first kappa shape index (κ1) is 16.8. The van der Waals surface area contributed by atoms with E-state index in [1.165, 1.54) is 12.8 Å². The Kier molecular flexibility index (Phi) is 5.65. The summed E-state index contributed by atoms with van der Waals surface area (Å²) in [5, 5.41) is 4.33. The van der Waals surface area contributed by atoms with Crippen LogP contribution in [0, 0.1) is 5.92 Å². The van der Waals surface area contributed by atoms with Crippen molar-refractivity contribution >= 4 is 34.9 Å². The minimum Gasteiger partial charge on any atom is -0.355 e. The molecule has 2 fully saturated rings. The van der Waals surface area contributed by atoms with E-state index >= 15 is 0 Å². The van der Waals surface area contributed by atoms with E-state index < -0.39 is 0 Å². The molecule has 1 aromatic rings. The molecule has 0 atom stereocenters. The van der Waals surface area contributed by atoms with Crippen LogP contribution in [-0.2, 0) is 4.79 Å². The van der Waals surface area contributed by atoms with Crippen LogP contribution in [0.25, 0.3) is 0 Å². The molecule has 2 aliphatic rings. The van der Waals surface area contributed by atoms with E-state index in [9.17, 15) is 4.79 Å². The minimum atomic E-state index is 0.220. The highest BCUT2D eigenvalue weighted by molar-refractivity contribution is 6.36. The van der Waals surface area contributed by atoms with Gasteiger partial charge in [-0.25, -0.2) is 4.98 Å². The Labute approximate surface area is 147 Å².